The maximum atomic E-state index is 9.55. The van der Waals surface area contributed by atoms with Gasteiger partial charge >= 0.3 is 0 Å². The molecule has 0 radical (unpaired) electrons. The summed E-state index contributed by atoms with van der Waals surface area (Å²) in [5.41, 5.74) is 2.97. The number of unbranched alkanes of at least 4 members (excludes halogenated alkanes) is 5. The van der Waals surface area contributed by atoms with Crippen molar-refractivity contribution in [3.05, 3.63) is 35.4 Å². The molecular formula is C22H37NO. The van der Waals surface area contributed by atoms with Gasteiger partial charge in [-0.15, -0.1) is 0 Å². The summed E-state index contributed by atoms with van der Waals surface area (Å²) in [5.74, 6) is 0. The maximum Gasteiger partial charge on any atom is 0.0564 e. The third-order valence-electron chi connectivity index (χ3n) is 5.34. The van der Waals surface area contributed by atoms with Gasteiger partial charge in [0.1, 0.15) is 0 Å². The Morgan fingerprint density at radius 3 is 2.00 bits per heavy atom. The van der Waals surface area contributed by atoms with Crippen molar-refractivity contribution < 1.29 is 5.11 Å². The SMILES string of the molecule is CCCCCCCCc1ccc(CCCN2CCC(O)CC2)cc1. The van der Waals surface area contributed by atoms with E-state index in [1.807, 2.05) is 0 Å². The molecular weight excluding hydrogens is 294 g/mol. The first-order valence-corrected chi connectivity index (χ1v) is 10.3. The van der Waals surface area contributed by atoms with E-state index in [1.54, 1.807) is 0 Å². The Labute approximate surface area is 149 Å². The summed E-state index contributed by atoms with van der Waals surface area (Å²) >= 11 is 0. The number of benzene rings is 1. The van der Waals surface area contributed by atoms with Crippen LogP contribution in [0.5, 0.6) is 0 Å². The van der Waals surface area contributed by atoms with Gasteiger partial charge in [0.05, 0.1) is 6.10 Å². The molecule has 0 unspecified atom stereocenters. The van der Waals surface area contributed by atoms with Crippen LogP contribution in [0, 0.1) is 0 Å². The molecule has 2 rings (SSSR count). The van der Waals surface area contributed by atoms with E-state index in [4.69, 9.17) is 0 Å². The van der Waals surface area contributed by atoms with Gasteiger partial charge in [-0.25, -0.2) is 0 Å². The zero-order chi connectivity index (χ0) is 17.0. The fourth-order valence-corrected chi connectivity index (χ4v) is 3.63. The summed E-state index contributed by atoms with van der Waals surface area (Å²) in [7, 11) is 0. The molecule has 0 aliphatic carbocycles. The van der Waals surface area contributed by atoms with Crippen LogP contribution in [0.25, 0.3) is 0 Å². The molecule has 136 valence electrons. The first kappa shape index (κ1) is 19.5. The standard InChI is InChI=1S/C22H37NO/c1-2-3-4-5-6-7-9-20-11-13-21(14-12-20)10-8-17-23-18-15-22(24)16-19-23/h11-14,22,24H,2-10,15-19H2,1H3. The third-order valence-corrected chi connectivity index (χ3v) is 5.34. The molecule has 2 heteroatoms. The van der Waals surface area contributed by atoms with Gasteiger partial charge in [-0.3, -0.25) is 0 Å². The smallest absolute Gasteiger partial charge is 0.0564 e. The summed E-state index contributed by atoms with van der Waals surface area (Å²) in [6, 6.07) is 9.32. The molecule has 1 N–H and O–H groups in total. The van der Waals surface area contributed by atoms with Crippen LogP contribution < -0.4 is 0 Å². The number of piperidine rings is 1. The number of aliphatic hydroxyl groups is 1. The molecule has 0 aromatic heterocycles. The minimum absolute atomic E-state index is 0.0551. The molecule has 1 aliphatic heterocycles. The van der Waals surface area contributed by atoms with Crippen LogP contribution >= 0.6 is 0 Å². The summed E-state index contributed by atoms with van der Waals surface area (Å²) in [4.78, 5) is 2.50. The minimum atomic E-state index is -0.0551. The topological polar surface area (TPSA) is 23.5 Å². The lowest BCUT2D eigenvalue weighted by atomic mass is 10.0. The molecule has 0 atom stereocenters. The largest absolute Gasteiger partial charge is 0.393 e. The highest BCUT2D eigenvalue weighted by Crippen LogP contribution is 2.14. The van der Waals surface area contributed by atoms with Crippen LogP contribution in [0.15, 0.2) is 24.3 Å². The number of aliphatic hydroxyl groups excluding tert-OH is 1. The van der Waals surface area contributed by atoms with E-state index in [0.717, 1.165) is 25.9 Å². The monoisotopic (exact) mass is 331 g/mol. The second-order valence-electron chi connectivity index (χ2n) is 7.51. The zero-order valence-electron chi connectivity index (χ0n) is 15.7. The minimum Gasteiger partial charge on any atom is -0.393 e. The van der Waals surface area contributed by atoms with Gasteiger partial charge < -0.3 is 10.0 Å². The molecule has 24 heavy (non-hydrogen) atoms. The second-order valence-corrected chi connectivity index (χ2v) is 7.51. The van der Waals surface area contributed by atoms with Crippen LogP contribution in [0.2, 0.25) is 0 Å². The van der Waals surface area contributed by atoms with Gasteiger partial charge in [0.15, 0.2) is 0 Å². The van der Waals surface area contributed by atoms with Crippen molar-refractivity contribution in [2.45, 2.75) is 83.7 Å². The van der Waals surface area contributed by atoms with Gasteiger partial charge in [-0.05, 0) is 56.2 Å². The average molecular weight is 332 g/mol. The molecule has 1 aromatic rings. The van der Waals surface area contributed by atoms with E-state index in [9.17, 15) is 5.11 Å². The highest BCUT2D eigenvalue weighted by molar-refractivity contribution is 5.22. The maximum absolute atomic E-state index is 9.55. The van der Waals surface area contributed by atoms with Crippen LogP contribution in [-0.2, 0) is 12.8 Å². The summed E-state index contributed by atoms with van der Waals surface area (Å²) < 4.78 is 0. The van der Waals surface area contributed by atoms with Crippen LogP contribution in [0.3, 0.4) is 0 Å². The molecule has 0 saturated carbocycles. The number of likely N-dealkylation sites (tertiary alicyclic amines) is 1. The summed E-state index contributed by atoms with van der Waals surface area (Å²) in [5, 5.41) is 9.55. The van der Waals surface area contributed by atoms with Gasteiger partial charge in [0.25, 0.3) is 0 Å². The Morgan fingerprint density at radius 1 is 0.833 bits per heavy atom. The van der Waals surface area contributed by atoms with Crippen molar-refractivity contribution >= 4 is 0 Å². The first-order chi connectivity index (χ1) is 11.8. The van der Waals surface area contributed by atoms with Gasteiger partial charge in [0, 0.05) is 13.1 Å². The van der Waals surface area contributed by atoms with Crippen molar-refractivity contribution in [1.29, 1.82) is 0 Å². The Bertz CT molecular complexity index is 420. The number of rotatable bonds is 11. The van der Waals surface area contributed by atoms with Crippen molar-refractivity contribution in [3.63, 3.8) is 0 Å². The Balaban J connectivity index is 1.56. The number of hydrogen-bond donors (Lipinski definition) is 1. The normalized spacial score (nSPS) is 16.6. The van der Waals surface area contributed by atoms with Crippen molar-refractivity contribution in [3.8, 4) is 0 Å². The molecule has 1 heterocycles. The van der Waals surface area contributed by atoms with Crippen molar-refractivity contribution in [2.24, 2.45) is 0 Å². The Hall–Kier alpha value is -0.860. The number of hydrogen-bond acceptors (Lipinski definition) is 2. The van der Waals surface area contributed by atoms with Gasteiger partial charge in [0.2, 0.25) is 0 Å². The summed E-state index contributed by atoms with van der Waals surface area (Å²) in [6.07, 6.45) is 13.8. The summed E-state index contributed by atoms with van der Waals surface area (Å²) in [6.45, 7) is 5.58. The quantitative estimate of drug-likeness (QED) is 0.578. The highest BCUT2D eigenvalue weighted by atomic mass is 16.3. The van der Waals surface area contributed by atoms with Crippen molar-refractivity contribution in [2.75, 3.05) is 19.6 Å². The third kappa shape index (κ3) is 7.81. The lowest BCUT2D eigenvalue weighted by Gasteiger charge is -2.29. The lowest BCUT2D eigenvalue weighted by Crippen LogP contribution is -2.36. The predicted molar refractivity (Wildman–Crippen MR) is 104 cm³/mol. The highest BCUT2D eigenvalue weighted by Gasteiger charge is 2.15. The fourth-order valence-electron chi connectivity index (χ4n) is 3.63. The molecule has 1 saturated heterocycles. The lowest BCUT2D eigenvalue weighted by molar-refractivity contribution is 0.0821. The predicted octanol–water partition coefficient (Wildman–Crippen LogP) is 4.98. The Kier molecular flexibility index (Phi) is 9.45. The van der Waals surface area contributed by atoms with E-state index in [0.29, 0.717) is 0 Å². The number of aryl methyl sites for hydroxylation is 2. The van der Waals surface area contributed by atoms with E-state index in [1.165, 1.54) is 75.5 Å². The first-order valence-electron chi connectivity index (χ1n) is 10.3. The van der Waals surface area contributed by atoms with E-state index < -0.39 is 0 Å². The Morgan fingerprint density at radius 2 is 1.38 bits per heavy atom. The molecule has 1 aliphatic rings. The van der Waals surface area contributed by atoms with Crippen molar-refractivity contribution in [1.82, 2.24) is 4.90 Å². The molecule has 0 bridgehead atoms. The molecule has 1 aromatic carbocycles. The van der Waals surface area contributed by atoms with Crippen LogP contribution in [0.4, 0.5) is 0 Å². The molecule has 1 fully saturated rings. The second kappa shape index (κ2) is 11.7. The molecule has 2 nitrogen and oxygen atoms in total. The fraction of sp³-hybridized carbons (Fsp3) is 0.727. The molecule has 0 spiro atoms. The van der Waals surface area contributed by atoms with E-state index in [2.05, 4.69) is 36.1 Å². The van der Waals surface area contributed by atoms with Gasteiger partial charge in [-0.2, -0.15) is 0 Å². The molecule has 0 amide bonds. The number of nitrogens with zero attached hydrogens (tertiary/aromatic N) is 1. The van der Waals surface area contributed by atoms with Gasteiger partial charge in [-0.1, -0.05) is 63.3 Å². The van der Waals surface area contributed by atoms with Crippen LogP contribution in [-0.4, -0.2) is 35.7 Å². The van der Waals surface area contributed by atoms with E-state index in [-0.39, 0.29) is 6.10 Å². The zero-order valence-corrected chi connectivity index (χ0v) is 15.7. The average Bonchev–Trinajstić information content (AvgIpc) is 2.61. The van der Waals surface area contributed by atoms with Crippen LogP contribution in [0.1, 0.15) is 75.8 Å². The van der Waals surface area contributed by atoms with E-state index >= 15 is 0 Å².